The van der Waals surface area contributed by atoms with Crippen LogP contribution in [-0.2, 0) is 9.59 Å². The standard InChI is InChI=1S/C20H20BrClN2O2/c1-11-7-15(8-12(2)19(11)21)23-20(26)14-9-18(25)24(10-14)17-6-4-5-16(22)13(17)3/h4-8,14H,9-10H2,1-3H3,(H,23,26)/t14-/m1/s1. The predicted molar refractivity (Wildman–Crippen MR) is 109 cm³/mol. The normalized spacial score (nSPS) is 16.9. The Morgan fingerprint density at radius 3 is 2.54 bits per heavy atom. The third-order valence-corrected chi connectivity index (χ3v) is 6.39. The molecule has 26 heavy (non-hydrogen) atoms. The highest BCUT2D eigenvalue weighted by Gasteiger charge is 2.36. The van der Waals surface area contributed by atoms with Crippen LogP contribution in [0.2, 0.25) is 5.02 Å². The fourth-order valence-electron chi connectivity index (χ4n) is 3.27. The summed E-state index contributed by atoms with van der Waals surface area (Å²) in [7, 11) is 0. The highest BCUT2D eigenvalue weighted by Crippen LogP contribution is 2.32. The Balaban J connectivity index is 1.76. The molecule has 136 valence electrons. The number of hydrogen-bond acceptors (Lipinski definition) is 2. The van der Waals surface area contributed by atoms with Gasteiger partial charge in [-0.05, 0) is 61.7 Å². The number of hydrogen-bond donors (Lipinski definition) is 1. The van der Waals surface area contributed by atoms with Crippen molar-refractivity contribution in [1.82, 2.24) is 0 Å². The summed E-state index contributed by atoms with van der Waals surface area (Å²) in [6.45, 7) is 6.21. The third kappa shape index (κ3) is 3.64. The zero-order valence-electron chi connectivity index (χ0n) is 14.9. The first kappa shape index (κ1) is 18.9. The van der Waals surface area contributed by atoms with Gasteiger partial charge in [-0.25, -0.2) is 0 Å². The van der Waals surface area contributed by atoms with Gasteiger partial charge >= 0.3 is 0 Å². The van der Waals surface area contributed by atoms with Gasteiger partial charge < -0.3 is 10.2 Å². The molecule has 0 unspecified atom stereocenters. The van der Waals surface area contributed by atoms with E-state index < -0.39 is 0 Å². The maximum absolute atomic E-state index is 12.7. The number of halogens is 2. The molecule has 1 saturated heterocycles. The van der Waals surface area contributed by atoms with Crippen molar-refractivity contribution < 1.29 is 9.59 Å². The fraction of sp³-hybridized carbons (Fsp3) is 0.300. The zero-order valence-corrected chi connectivity index (χ0v) is 17.2. The number of rotatable bonds is 3. The van der Waals surface area contributed by atoms with E-state index in [1.165, 1.54) is 0 Å². The topological polar surface area (TPSA) is 49.4 Å². The minimum Gasteiger partial charge on any atom is -0.326 e. The Bertz CT molecular complexity index is 874. The van der Waals surface area contributed by atoms with Gasteiger partial charge in [0.15, 0.2) is 0 Å². The molecule has 3 rings (SSSR count). The van der Waals surface area contributed by atoms with Gasteiger partial charge in [-0.1, -0.05) is 33.6 Å². The van der Waals surface area contributed by atoms with Crippen molar-refractivity contribution >= 4 is 50.7 Å². The molecule has 0 bridgehead atoms. The molecule has 0 aromatic heterocycles. The van der Waals surface area contributed by atoms with E-state index in [1.54, 1.807) is 11.0 Å². The van der Waals surface area contributed by atoms with Crippen molar-refractivity contribution in [1.29, 1.82) is 0 Å². The van der Waals surface area contributed by atoms with Gasteiger partial charge in [-0.3, -0.25) is 9.59 Å². The number of benzene rings is 2. The van der Waals surface area contributed by atoms with Crippen molar-refractivity contribution in [3.8, 4) is 0 Å². The molecule has 2 amide bonds. The molecular formula is C20H20BrClN2O2. The van der Waals surface area contributed by atoms with E-state index in [-0.39, 0.29) is 24.2 Å². The Morgan fingerprint density at radius 1 is 1.23 bits per heavy atom. The molecule has 0 spiro atoms. The molecule has 1 N–H and O–H groups in total. The summed E-state index contributed by atoms with van der Waals surface area (Å²) in [4.78, 5) is 26.8. The highest BCUT2D eigenvalue weighted by molar-refractivity contribution is 9.10. The van der Waals surface area contributed by atoms with E-state index >= 15 is 0 Å². The number of nitrogens with one attached hydrogen (secondary N) is 1. The average molecular weight is 436 g/mol. The Labute approximate surface area is 166 Å². The van der Waals surface area contributed by atoms with Gasteiger partial charge in [0.2, 0.25) is 11.8 Å². The summed E-state index contributed by atoms with van der Waals surface area (Å²) in [6.07, 6.45) is 0.201. The van der Waals surface area contributed by atoms with Crippen LogP contribution in [0.25, 0.3) is 0 Å². The first-order valence-corrected chi connectivity index (χ1v) is 9.58. The van der Waals surface area contributed by atoms with Crippen LogP contribution in [0.15, 0.2) is 34.8 Å². The maximum atomic E-state index is 12.7. The molecule has 6 heteroatoms. The van der Waals surface area contributed by atoms with Crippen LogP contribution in [0.1, 0.15) is 23.1 Å². The minimum atomic E-state index is -0.384. The largest absolute Gasteiger partial charge is 0.326 e. The Morgan fingerprint density at radius 2 is 1.88 bits per heavy atom. The molecule has 1 fully saturated rings. The molecule has 0 saturated carbocycles. The molecule has 1 aliphatic rings. The van der Waals surface area contributed by atoms with Crippen LogP contribution in [0.5, 0.6) is 0 Å². The maximum Gasteiger partial charge on any atom is 0.229 e. The van der Waals surface area contributed by atoms with E-state index in [1.807, 2.05) is 45.0 Å². The van der Waals surface area contributed by atoms with Crippen molar-refractivity contribution in [2.75, 3.05) is 16.8 Å². The second-order valence-electron chi connectivity index (χ2n) is 6.70. The van der Waals surface area contributed by atoms with Crippen LogP contribution < -0.4 is 10.2 Å². The van der Waals surface area contributed by atoms with Crippen LogP contribution in [0.4, 0.5) is 11.4 Å². The zero-order chi connectivity index (χ0) is 19.0. The summed E-state index contributed by atoms with van der Waals surface area (Å²) < 4.78 is 1.04. The van der Waals surface area contributed by atoms with Crippen LogP contribution in [0, 0.1) is 26.7 Å². The summed E-state index contributed by atoms with van der Waals surface area (Å²) in [5.74, 6) is -0.578. The number of carbonyl (C=O) groups excluding carboxylic acids is 2. The van der Waals surface area contributed by atoms with E-state index in [0.717, 1.165) is 32.5 Å². The number of aryl methyl sites for hydroxylation is 2. The van der Waals surface area contributed by atoms with Gasteiger partial charge in [0.25, 0.3) is 0 Å². The van der Waals surface area contributed by atoms with Crippen molar-refractivity contribution in [2.24, 2.45) is 5.92 Å². The molecule has 2 aromatic carbocycles. The van der Waals surface area contributed by atoms with Gasteiger partial charge in [0.1, 0.15) is 0 Å². The lowest BCUT2D eigenvalue weighted by Gasteiger charge is -2.19. The SMILES string of the molecule is Cc1cc(NC(=O)[C@@H]2CC(=O)N(c3cccc(Cl)c3C)C2)cc(C)c1Br. The molecule has 0 radical (unpaired) electrons. The molecule has 0 aliphatic carbocycles. The van der Waals surface area contributed by atoms with Crippen LogP contribution >= 0.6 is 27.5 Å². The Kier molecular flexibility index (Phi) is 5.39. The summed E-state index contributed by atoms with van der Waals surface area (Å²) in [5.41, 5.74) is 4.48. The molecule has 1 aliphatic heterocycles. The number of carbonyl (C=O) groups is 2. The molecule has 2 aromatic rings. The number of nitrogens with zero attached hydrogens (tertiary/aromatic N) is 1. The van der Waals surface area contributed by atoms with Gasteiger partial charge in [-0.15, -0.1) is 0 Å². The van der Waals surface area contributed by atoms with Gasteiger partial charge in [0.05, 0.1) is 5.92 Å². The van der Waals surface area contributed by atoms with Crippen molar-refractivity contribution in [3.63, 3.8) is 0 Å². The van der Waals surface area contributed by atoms with Gasteiger partial charge in [-0.2, -0.15) is 0 Å². The summed E-state index contributed by atoms with van der Waals surface area (Å²) in [5, 5.41) is 3.56. The molecule has 4 nitrogen and oxygen atoms in total. The monoisotopic (exact) mass is 434 g/mol. The minimum absolute atomic E-state index is 0.0568. The predicted octanol–water partition coefficient (Wildman–Crippen LogP) is 5.02. The fourth-order valence-corrected chi connectivity index (χ4v) is 3.67. The third-order valence-electron chi connectivity index (χ3n) is 4.73. The second kappa shape index (κ2) is 7.41. The van der Waals surface area contributed by atoms with E-state index in [2.05, 4.69) is 21.2 Å². The molecular weight excluding hydrogens is 416 g/mol. The first-order chi connectivity index (χ1) is 12.3. The Hall–Kier alpha value is -1.85. The van der Waals surface area contributed by atoms with Crippen LogP contribution in [-0.4, -0.2) is 18.4 Å². The number of amides is 2. The number of anilines is 2. The van der Waals surface area contributed by atoms with E-state index in [4.69, 9.17) is 11.6 Å². The summed E-state index contributed by atoms with van der Waals surface area (Å²) in [6, 6.07) is 9.32. The lowest BCUT2D eigenvalue weighted by atomic mass is 10.1. The highest BCUT2D eigenvalue weighted by atomic mass is 79.9. The first-order valence-electron chi connectivity index (χ1n) is 8.41. The van der Waals surface area contributed by atoms with Gasteiger partial charge in [0, 0.05) is 33.8 Å². The van der Waals surface area contributed by atoms with E-state index in [9.17, 15) is 9.59 Å². The summed E-state index contributed by atoms with van der Waals surface area (Å²) >= 11 is 9.69. The smallest absolute Gasteiger partial charge is 0.229 e. The second-order valence-corrected chi connectivity index (χ2v) is 7.90. The molecule has 1 atom stereocenters. The quantitative estimate of drug-likeness (QED) is 0.736. The van der Waals surface area contributed by atoms with Crippen molar-refractivity contribution in [2.45, 2.75) is 27.2 Å². The van der Waals surface area contributed by atoms with Crippen molar-refractivity contribution in [3.05, 3.63) is 56.5 Å². The lowest BCUT2D eigenvalue weighted by molar-refractivity contribution is -0.122. The van der Waals surface area contributed by atoms with E-state index in [0.29, 0.717) is 11.6 Å². The lowest BCUT2D eigenvalue weighted by Crippen LogP contribution is -2.28. The van der Waals surface area contributed by atoms with Crippen LogP contribution in [0.3, 0.4) is 0 Å². The average Bonchev–Trinajstić information content (AvgIpc) is 2.97. The molecule has 1 heterocycles.